The van der Waals surface area contributed by atoms with E-state index in [4.69, 9.17) is 4.74 Å². The molecule has 2 aliphatic rings. The van der Waals surface area contributed by atoms with E-state index < -0.39 is 0 Å². The summed E-state index contributed by atoms with van der Waals surface area (Å²) in [5.41, 5.74) is 0. The van der Waals surface area contributed by atoms with Crippen LogP contribution in [0.4, 0.5) is 5.82 Å². The Morgan fingerprint density at radius 2 is 1.96 bits per heavy atom. The van der Waals surface area contributed by atoms with Crippen LogP contribution in [0, 0.1) is 0 Å². The third kappa shape index (κ3) is 5.31. The van der Waals surface area contributed by atoms with Crippen molar-refractivity contribution in [3.8, 4) is 5.75 Å². The van der Waals surface area contributed by atoms with Crippen molar-refractivity contribution in [3.63, 3.8) is 0 Å². The summed E-state index contributed by atoms with van der Waals surface area (Å²) in [6.45, 7) is 11.2. The smallest absolute Gasteiger partial charge is 0.179 e. The van der Waals surface area contributed by atoms with Crippen molar-refractivity contribution in [2.45, 2.75) is 39.2 Å². The topological polar surface area (TPSA) is 44.7 Å². The molecule has 1 atom stereocenters. The minimum Gasteiger partial charge on any atom is -0.491 e. The van der Waals surface area contributed by atoms with Gasteiger partial charge in [0.25, 0.3) is 0 Å². The minimum absolute atomic E-state index is 0.761. The second-order valence-electron chi connectivity index (χ2n) is 6.72. The average molecular weight is 335 g/mol. The van der Waals surface area contributed by atoms with Crippen LogP contribution in [0.25, 0.3) is 0 Å². The maximum absolute atomic E-state index is 5.29. The summed E-state index contributed by atoms with van der Waals surface area (Å²) in [6, 6.07) is 0.847. The highest BCUT2D eigenvalue weighted by molar-refractivity contribution is 5.50. The molecule has 0 aromatic carbocycles. The van der Waals surface area contributed by atoms with Gasteiger partial charge in [-0.25, -0.2) is 9.97 Å². The van der Waals surface area contributed by atoms with E-state index in [1.165, 1.54) is 32.4 Å². The van der Waals surface area contributed by atoms with Crippen LogP contribution in [0.5, 0.6) is 5.75 Å². The van der Waals surface area contributed by atoms with Crippen molar-refractivity contribution < 1.29 is 4.74 Å². The third-order valence-electron chi connectivity index (χ3n) is 4.98. The van der Waals surface area contributed by atoms with E-state index in [0.717, 1.165) is 43.8 Å². The van der Waals surface area contributed by atoms with Crippen molar-refractivity contribution in [1.82, 2.24) is 19.8 Å². The molecular weight excluding hydrogens is 302 g/mol. The van der Waals surface area contributed by atoms with Crippen molar-refractivity contribution in [1.29, 1.82) is 0 Å². The van der Waals surface area contributed by atoms with Crippen LogP contribution in [-0.4, -0.2) is 79.2 Å². The van der Waals surface area contributed by atoms with Gasteiger partial charge in [-0.1, -0.05) is 6.92 Å². The molecule has 2 aliphatic heterocycles. The summed E-state index contributed by atoms with van der Waals surface area (Å²) in [7, 11) is 3.85. The van der Waals surface area contributed by atoms with Gasteiger partial charge in [0.2, 0.25) is 0 Å². The molecule has 0 radical (unpaired) electrons. The minimum atomic E-state index is 0.761. The van der Waals surface area contributed by atoms with Gasteiger partial charge >= 0.3 is 0 Å². The summed E-state index contributed by atoms with van der Waals surface area (Å²) >= 11 is 0. The summed E-state index contributed by atoms with van der Waals surface area (Å²) in [6.07, 6.45) is 7.32. The summed E-state index contributed by atoms with van der Waals surface area (Å²) < 4.78 is 5.29. The molecule has 0 aliphatic carbocycles. The number of hydrogen-bond acceptors (Lipinski definition) is 6. The van der Waals surface area contributed by atoms with E-state index in [1.807, 2.05) is 0 Å². The lowest BCUT2D eigenvalue weighted by Crippen LogP contribution is -2.46. The Hall–Kier alpha value is -1.40. The molecule has 0 saturated carbocycles. The highest BCUT2D eigenvalue weighted by Crippen LogP contribution is 2.24. The number of anilines is 1. The first-order valence-electron chi connectivity index (χ1n) is 9.17. The van der Waals surface area contributed by atoms with E-state index in [-0.39, 0.29) is 0 Å². The molecule has 0 spiro atoms. The summed E-state index contributed by atoms with van der Waals surface area (Å²) in [4.78, 5) is 15.5. The van der Waals surface area contributed by atoms with Crippen LogP contribution in [0.15, 0.2) is 12.5 Å². The number of nitrogens with zero attached hydrogens (tertiary/aromatic N) is 5. The first-order chi connectivity index (χ1) is 11.7. The highest BCUT2D eigenvalue weighted by atomic mass is 16.5. The molecule has 3 rings (SSSR count). The Bertz CT molecular complexity index is 468. The molecule has 1 aromatic heterocycles. The van der Waals surface area contributed by atoms with Gasteiger partial charge in [0.15, 0.2) is 11.6 Å². The average Bonchev–Trinajstić information content (AvgIpc) is 2.99. The first-order valence-corrected chi connectivity index (χ1v) is 9.17. The van der Waals surface area contributed by atoms with Crippen molar-refractivity contribution in [2.75, 3.05) is 58.3 Å². The number of aromatic nitrogens is 2. The fourth-order valence-corrected chi connectivity index (χ4v) is 3.27. The van der Waals surface area contributed by atoms with Gasteiger partial charge in [0, 0.05) is 32.2 Å². The molecule has 3 heterocycles. The van der Waals surface area contributed by atoms with E-state index in [2.05, 4.69) is 45.6 Å². The second kappa shape index (κ2) is 9.79. The zero-order valence-electron chi connectivity index (χ0n) is 15.7. The van der Waals surface area contributed by atoms with Gasteiger partial charge in [-0.15, -0.1) is 0 Å². The lowest BCUT2D eigenvalue weighted by atomic mass is 10.3. The number of methoxy groups -OCH3 is 1. The molecule has 2 saturated heterocycles. The molecule has 24 heavy (non-hydrogen) atoms. The van der Waals surface area contributed by atoms with Gasteiger partial charge in [-0.3, -0.25) is 4.90 Å². The predicted octanol–water partition coefficient (Wildman–Crippen LogP) is 2.12. The van der Waals surface area contributed by atoms with Crippen LogP contribution >= 0.6 is 0 Å². The highest BCUT2D eigenvalue weighted by Gasteiger charge is 2.20. The summed E-state index contributed by atoms with van der Waals surface area (Å²) in [5.74, 6) is 1.68. The van der Waals surface area contributed by atoms with Gasteiger partial charge in [0.05, 0.1) is 13.3 Å². The zero-order valence-corrected chi connectivity index (χ0v) is 15.7. The molecule has 0 bridgehead atoms. The van der Waals surface area contributed by atoms with Crippen LogP contribution < -0.4 is 9.64 Å². The Labute approximate surface area is 146 Å². The van der Waals surface area contributed by atoms with Crippen LogP contribution in [-0.2, 0) is 0 Å². The van der Waals surface area contributed by atoms with Crippen molar-refractivity contribution in [2.24, 2.45) is 0 Å². The Kier molecular flexibility index (Phi) is 7.72. The monoisotopic (exact) mass is 335 g/mol. The van der Waals surface area contributed by atoms with Gasteiger partial charge in [-0.2, -0.15) is 0 Å². The number of ether oxygens (including phenoxy) is 1. The van der Waals surface area contributed by atoms with Gasteiger partial charge < -0.3 is 14.5 Å². The maximum atomic E-state index is 5.29. The molecule has 0 amide bonds. The summed E-state index contributed by atoms with van der Waals surface area (Å²) in [5, 5.41) is 0. The largest absolute Gasteiger partial charge is 0.491 e. The molecule has 0 unspecified atom stereocenters. The molecule has 1 aromatic rings. The van der Waals surface area contributed by atoms with Crippen molar-refractivity contribution in [3.05, 3.63) is 12.5 Å². The predicted molar refractivity (Wildman–Crippen MR) is 98.9 cm³/mol. The number of likely N-dealkylation sites (tertiary alicyclic amines) is 1. The molecule has 136 valence electrons. The van der Waals surface area contributed by atoms with E-state index in [1.54, 1.807) is 19.6 Å². The normalized spacial score (nSPS) is 22.2. The Morgan fingerprint density at radius 3 is 2.46 bits per heavy atom. The van der Waals surface area contributed by atoms with Gasteiger partial charge in [0.1, 0.15) is 6.33 Å². The fourth-order valence-electron chi connectivity index (χ4n) is 3.27. The van der Waals surface area contributed by atoms with E-state index in [9.17, 15) is 0 Å². The fraction of sp³-hybridized carbons (Fsp3) is 0.778. The number of rotatable bonds is 4. The molecule has 6 heteroatoms. The molecule has 2 fully saturated rings. The molecular formula is C18H33N5O. The lowest BCUT2D eigenvalue weighted by Gasteiger charge is -2.35. The zero-order chi connectivity index (χ0) is 17.4. The van der Waals surface area contributed by atoms with E-state index in [0.29, 0.717) is 0 Å². The number of piperazine rings is 1. The Morgan fingerprint density at radius 1 is 1.21 bits per heavy atom. The van der Waals surface area contributed by atoms with Crippen LogP contribution in [0.2, 0.25) is 0 Å². The quantitative estimate of drug-likeness (QED) is 0.840. The SMILES string of the molecule is CCCN1CCN(c2ncncc2OC)CC1.C[C@H]1CCCN1C. The van der Waals surface area contributed by atoms with Gasteiger partial charge in [-0.05, 0) is 46.3 Å². The Balaban J connectivity index is 0.000000249. The van der Waals surface area contributed by atoms with E-state index >= 15 is 0 Å². The lowest BCUT2D eigenvalue weighted by molar-refractivity contribution is 0.257. The first kappa shape index (κ1) is 18.9. The second-order valence-corrected chi connectivity index (χ2v) is 6.72. The number of hydrogen-bond donors (Lipinski definition) is 0. The third-order valence-corrected chi connectivity index (χ3v) is 4.98. The molecule has 6 nitrogen and oxygen atoms in total. The van der Waals surface area contributed by atoms with Crippen LogP contribution in [0.1, 0.15) is 33.1 Å². The van der Waals surface area contributed by atoms with Crippen molar-refractivity contribution >= 4 is 5.82 Å². The maximum Gasteiger partial charge on any atom is 0.179 e. The standard InChI is InChI=1S/C12H20N4O.C6H13N/c1-3-4-15-5-7-16(8-6-15)12-11(17-2)9-13-10-14-12;1-6-4-3-5-7(6)2/h9-10H,3-8H2,1-2H3;6H,3-5H2,1-2H3/t;6-/m.0/s1. The molecule has 0 N–H and O–H groups in total. The van der Waals surface area contributed by atoms with Crippen LogP contribution in [0.3, 0.4) is 0 Å².